The Kier molecular flexibility index (Phi) is 4.95. The van der Waals surface area contributed by atoms with E-state index in [-0.39, 0.29) is 30.8 Å². The molecule has 0 bridgehead atoms. The van der Waals surface area contributed by atoms with Crippen LogP contribution in [0.2, 0.25) is 5.02 Å². The molecule has 0 aromatic heterocycles. The number of amides is 3. The minimum Gasteiger partial charge on any atom is -0.332 e. The predicted octanol–water partition coefficient (Wildman–Crippen LogP) is 2.71. The normalized spacial score (nSPS) is 14.1. The highest BCUT2D eigenvalue weighted by atomic mass is 35.5. The number of hydrogen-bond acceptors (Lipinski definition) is 3. The number of carbonyl (C=O) groups excluding carboxylic acids is 3. The lowest BCUT2D eigenvalue weighted by molar-refractivity contribution is -0.121. The topological polar surface area (TPSA) is 69.7 Å². The molecule has 1 heterocycles. The Bertz CT molecular complexity index is 897. The zero-order valence-corrected chi connectivity index (χ0v) is 15.2. The molecule has 0 spiro atoms. The Labute approximate surface area is 156 Å². The van der Waals surface area contributed by atoms with Crippen LogP contribution >= 0.6 is 11.6 Å². The number of likely N-dealkylation sites (N-methyl/N-ethyl adjacent to an activating group) is 1. The molecule has 3 rings (SSSR count). The van der Waals surface area contributed by atoms with Crippen molar-refractivity contribution in [1.82, 2.24) is 4.90 Å². The van der Waals surface area contributed by atoms with Gasteiger partial charge in [-0.05, 0) is 36.8 Å². The molecule has 2 aromatic carbocycles. The van der Waals surface area contributed by atoms with Crippen LogP contribution in [0.5, 0.6) is 0 Å². The first-order valence-corrected chi connectivity index (χ1v) is 8.46. The molecule has 0 saturated carbocycles. The Morgan fingerprint density at radius 3 is 2.65 bits per heavy atom. The maximum absolute atomic E-state index is 12.6. The van der Waals surface area contributed by atoms with Gasteiger partial charge in [-0.2, -0.15) is 0 Å². The summed E-state index contributed by atoms with van der Waals surface area (Å²) in [5, 5.41) is 3.32. The van der Waals surface area contributed by atoms with Crippen LogP contribution in [0.15, 0.2) is 42.5 Å². The van der Waals surface area contributed by atoms with Crippen LogP contribution in [0.4, 0.5) is 11.4 Å². The van der Waals surface area contributed by atoms with Crippen LogP contribution < -0.4 is 10.2 Å². The maximum atomic E-state index is 12.6. The molecule has 0 aliphatic carbocycles. The molecule has 2 aromatic rings. The molecule has 3 amide bonds. The summed E-state index contributed by atoms with van der Waals surface area (Å²) in [4.78, 5) is 40.2. The summed E-state index contributed by atoms with van der Waals surface area (Å²) in [6.07, 6.45) is 0. The van der Waals surface area contributed by atoms with Crippen LogP contribution in [-0.4, -0.2) is 42.8 Å². The van der Waals surface area contributed by atoms with Crippen molar-refractivity contribution in [2.24, 2.45) is 0 Å². The van der Waals surface area contributed by atoms with Crippen molar-refractivity contribution in [3.05, 3.63) is 58.6 Å². The third kappa shape index (κ3) is 3.41. The van der Waals surface area contributed by atoms with E-state index < -0.39 is 0 Å². The van der Waals surface area contributed by atoms with Gasteiger partial charge in [0.15, 0.2) is 0 Å². The lowest BCUT2D eigenvalue weighted by atomic mass is 10.1. The van der Waals surface area contributed by atoms with Crippen molar-refractivity contribution < 1.29 is 14.4 Å². The summed E-state index contributed by atoms with van der Waals surface area (Å²) in [6.45, 7) is 1.53. The Hall–Kier alpha value is -2.86. The Balaban J connectivity index is 1.87. The van der Waals surface area contributed by atoms with Gasteiger partial charge >= 0.3 is 0 Å². The van der Waals surface area contributed by atoms with Crippen LogP contribution in [0, 0.1) is 6.92 Å². The molecular formula is C19H18ClN3O3. The molecule has 0 saturated heterocycles. The van der Waals surface area contributed by atoms with Crippen LogP contribution in [-0.2, 0) is 9.59 Å². The summed E-state index contributed by atoms with van der Waals surface area (Å²) in [6, 6.07) is 12.0. The molecule has 0 fully saturated rings. The van der Waals surface area contributed by atoms with Crippen molar-refractivity contribution in [3.8, 4) is 0 Å². The van der Waals surface area contributed by atoms with E-state index in [9.17, 15) is 14.4 Å². The van der Waals surface area contributed by atoms with Gasteiger partial charge in [0, 0.05) is 17.8 Å². The van der Waals surface area contributed by atoms with Gasteiger partial charge in [-0.15, -0.1) is 0 Å². The van der Waals surface area contributed by atoms with Gasteiger partial charge in [-0.1, -0.05) is 29.8 Å². The summed E-state index contributed by atoms with van der Waals surface area (Å²) in [7, 11) is 1.57. The molecule has 1 N–H and O–H groups in total. The number of nitrogens with zero attached hydrogens (tertiary/aromatic N) is 2. The van der Waals surface area contributed by atoms with Crippen LogP contribution in [0.25, 0.3) is 0 Å². The lowest BCUT2D eigenvalue weighted by Gasteiger charge is -2.22. The van der Waals surface area contributed by atoms with Crippen molar-refractivity contribution in [2.45, 2.75) is 6.92 Å². The number of para-hydroxylation sites is 1. The first-order valence-electron chi connectivity index (χ1n) is 8.08. The number of hydrogen-bond donors (Lipinski definition) is 1. The Morgan fingerprint density at radius 2 is 1.88 bits per heavy atom. The van der Waals surface area contributed by atoms with E-state index in [1.54, 1.807) is 56.4 Å². The smallest absolute Gasteiger partial charge is 0.256 e. The zero-order chi connectivity index (χ0) is 18.8. The minimum atomic E-state index is -0.365. The number of halogens is 1. The number of anilines is 2. The fraction of sp³-hybridized carbons (Fsp3) is 0.211. The molecule has 1 aliphatic heterocycles. The van der Waals surface area contributed by atoms with Gasteiger partial charge in [0.2, 0.25) is 11.8 Å². The maximum Gasteiger partial charge on any atom is 0.256 e. The highest BCUT2D eigenvalue weighted by Gasteiger charge is 2.30. The second kappa shape index (κ2) is 7.17. The molecule has 0 radical (unpaired) electrons. The van der Waals surface area contributed by atoms with Crippen LogP contribution in [0.3, 0.4) is 0 Å². The summed E-state index contributed by atoms with van der Waals surface area (Å²) < 4.78 is 0. The van der Waals surface area contributed by atoms with E-state index in [1.807, 2.05) is 0 Å². The van der Waals surface area contributed by atoms with E-state index in [4.69, 9.17) is 11.6 Å². The van der Waals surface area contributed by atoms with Gasteiger partial charge in [-0.25, -0.2) is 0 Å². The van der Waals surface area contributed by atoms with Crippen molar-refractivity contribution in [1.29, 1.82) is 0 Å². The summed E-state index contributed by atoms with van der Waals surface area (Å²) in [5.74, 6) is -0.929. The molecule has 0 unspecified atom stereocenters. The molecule has 7 heteroatoms. The van der Waals surface area contributed by atoms with Gasteiger partial charge in [0.05, 0.1) is 11.3 Å². The number of fused-ring (bicyclic) bond motifs is 1. The zero-order valence-electron chi connectivity index (χ0n) is 14.5. The highest BCUT2D eigenvalue weighted by molar-refractivity contribution is 6.31. The second-order valence-electron chi connectivity index (χ2n) is 6.12. The Morgan fingerprint density at radius 1 is 1.15 bits per heavy atom. The van der Waals surface area contributed by atoms with Gasteiger partial charge < -0.3 is 15.1 Å². The largest absolute Gasteiger partial charge is 0.332 e. The number of nitrogens with one attached hydrogen (secondary N) is 1. The fourth-order valence-corrected chi connectivity index (χ4v) is 3.01. The average molecular weight is 372 g/mol. The minimum absolute atomic E-state index is 0.0863. The predicted molar refractivity (Wildman–Crippen MR) is 101 cm³/mol. The van der Waals surface area contributed by atoms with E-state index in [2.05, 4.69) is 5.32 Å². The molecule has 1 aliphatic rings. The standard InChI is InChI=1S/C19H18ClN3O3/c1-12-14(20)7-5-8-15(12)21-17(24)10-23-16-9-4-3-6-13(16)19(26)22(2)11-18(23)25/h3-9H,10-11H2,1-2H3,(H,21,24). The molecule has 26 heavy (non-hydrogen) atoms. The monoisotopic (exact) mass is 371 g/mol. The molecular weight excluding hydrogens is 354 g/mol. The third-order valence-corrected chi connectivity index (χ3v) is 4.70. The van der Waals surface area contributed by atoms with Crippen LogP contribution in [0.1, 0.15) is 15.9 Å². The summed E-state index contributed by atoms with van der Waals surface area (Å²) in [5.41, 5.74) is 2.17. The molecule has 0 atom stereocenters. The van der Waals surface area contributed by atoms with E-state index >= 15 is 0 Å². The first-order chi connectivity index (χ1) is 12.4. The highest BCUT2D eigenvalue weighted by Crippen LogP contribution is 2.26. The SMILES string of the molecule is Cc1c(Cl)cccc1NC(=O)CN1C(=O)CN(C)C(=O)c2ccccc21. The van der Waals surface area contributed by atoms with E-state index in [1.165, 1.54) is 9.80 Å². The molecule has 134 valence electrons. The van der Waals surface area contributed by atoms with Gasteiger partial charge in [0.1, 0.15) is 13.1 Å². The second-order valence-corrected chi connectivity index (χ2v) is 6.53. The first kappa shape index (κ1) is 17.9. The average Bonchev–Trinajstić information content (AvgIpc) is 2.70. The van der Waals surface area contributed by atoms with E-state index in [0.29, 0.717) is 22.0 Å². The summed E-state index contributed by atoms with van der Waals surface area (Å²) >= 11 is 6.07. The van der Waals surface area contributed by atoms with E-state index in [0.717, 1.165) is 5.56 Å². The number of carbonyl (C=O) groups is 3. The molecule has 6 nitrogen and oxygen atoms in total. The van der Waals surface area contributed by atoms with Gasteiger partial charge in [0.25, 0.3) is 5.91 Å². The van der Waals surface area contributed by atoms with Crippen molar-refractivity contribution in [2.75, 3.05) is 30.4 Å². The number of benzene rings is 2. The quantitative estimate of drug-likeness (QED) is 0.901. The fourth-order valence-electron chi connectivity index (χ4n) is 2.84. The van der Waals surface area contributed by atoms with Gasteiger partial charge in [-0.3, -0.25) is 14.4 Å². The van der Waals surface area contributed by atoms with Crippen molar-refractivity contribution in [3.63, 3.8) is 0 Å². The number of rotatable bonds is 3. The van der Waals surface area contributed by atoms with Crippen molar-refractivity contribution >= 4 is 40.7 Å². The third-order valence-electron chi connectivity index (χ3n) is 4.29. The lowest BCUT2D eigenvalue weighted by Crippen LogP contribution is -2.41.